The molecule has 0 amide bonds. The monoisotopic (exact) mass is 358 g/mol. The molecule has 0 spiro atoms. The lowest BCUT2D eigenvalue weighted by atomic mass is 10.1. The molecular weight excluding hydrogens is 340 g/mol. The molecule has 0 saturated carbocycles. The Morgan fingerprint density at radius 1 is 0.692 bits per heavy atom. The van der Waals surface area contributed by atoms with Crippen LogP contribution in [0.1, 0.15) is 0 Å². The second-order valence-electron chi connectivity index (χ2n) is 5.07. The Kier molecular flexibility index (Phi) is 4.87. The van der Waals surface area contributed by atoms with Gasteiger partial charge in [-0.25, -0.2) is 0 Å². The molecular formula is C17H18N4O5. The van der Waals surface area contributed by atoms with Gasteiger partial charge in [0.05, 0.1) is 41.1 Å². The van der Waals surface area contributed by atoms with E-state index in [0.29, 0.717) is 34.2 Å². The van der Waals surface area contributed by atoms with Crippen LogP contribution >= 0.6 is 0 Å². The molecule has 0 bridgehead atoms. The highest BCUT2D eigenvalue weighted by Gasteiger charge is 2.18. The van der Waals surface area contributed by atoms with Crippen molar-refractivity contribution in [3.63, 3.8) is 0 Å². The van der Waals surface area contributed by atoms with Gasteiger partial charge in [0.25, 0.3) is 0 Å². The summed E-state index contributed by atoms with van der Waals surface area (Å²) in [5, 5.41) is 0.723. The molecule has 0 N–H and O–H groups in total. The molecule has 26 heavy (non-hydrogen) atoms. The summed E-state index contributed by atoms with van der Waals surface area (Å²) in [6.07, 6.45) is 1.64. The smallest absolute Gasteiger partial charge is 0.322 e. The molecule has 0 radical (unpaired) electrons. The molecule has 2 heterocycles. The second kappa shape index (κ2) is 7.26. The fourth-order valence-electron chi connectivity index (χ4n) is 2.52. The Bertz CT molecular complexity index is 926. The Morgan fingerprint density at radius 3 is 1.88 bits per heavy atom. The van der Waals surface area contributed by atoms with Gasteiger partial charge >= 0.3 is 12.0 Å². The first kappa shape index (κ1) is 17.5. The first-order chi connectivity index (χ1) is 12.6. The summed E-state index contributed by atoms with van der Waals surface area (Å²) >= 11 is 0. The summed E-state index contributed by atoms with van der Waals surface area (Å²) in [7, 11) is 7.60. The van der Waals surface area contributed by atoms with E-state index in [1.165, 1.54) is 14.2 Å². The van der Waals surface area contributed by atoms with Gasteiger partial charge in [-0.05, 0) is 6.07 Å². The van der Waals surface area contributed by atoms with E-state index in [4.69, 9.17) is 23.7 Å². The molecule has 0 atom stereocenters. The van der Waals surface area contributed by atoms with Crippen LogP contribution in [0.2, 0.25) is 0 Å². The number of rotatable bonds is 6. The largest absolute Gasteiger partial charge is 0.493 e. The average molecular weight is 358 g/mol. The number of aromatic nitrogens is 4. The predicted octanol–water partition coefficient (Wildman–Crippen LogP) is 2.13. The minimum Gasteiger partial charge on any atom is -0.493 e. The molecule has 0 fully saturated rings. The summed E-state index contributed by atoms with van der Waals surface area (Å²) in [5.41, 5.74) is 1.32. The average Bonchev–Trinajstić information content (AvgIpc) is 2.71. The highest BCUT2D eigenvalue weighted by Crippen LogP contribution is 2.43. The summed E-state index contributed by atoms with van der Waals surface area (Å²) in [6.45, 7) is 0. The van der Waals surface area contributed by atoms with Crippen molar-refractivity contribution in [2.45, 2.75) is 0 Å². The standard InChI is InChI=1S/C17H18N4O5/c1-22-12-7-11-10(13(23-2)14(12)24-3)6-9(8-18-11)15-19-16(25-4)21-17(20-15)26-5/h6-8H,1-5H3. The Labute approximate surface area is 149 Å². The zero-order valence-corrected chi connectivity index (χ0v) is 15.1. The highest BCUT2D eigenvalue weighted by atomic mass is 16.5. The molecule has 9 nitrogen and oxygen atoms in total. The molecule has 0 aliphatic carbocycles. The lowest BCUT2D eigenvalue weighted by Gasteiger charge is -2.14. The van der Waals surface area contributed by atoms with Gasteiger partial charge in [0, 0.05) is 23.2 Å². The van der Waals surface area contributed by atoms with Crippen molar-refractivity contribution in [3.05, 3.63) is 18.3 Å². The van der Waals surface area contributed by atoms with E-state index in [0.717, 1.165) is 5.39 Å². The highest BCUT2D eigenvalue weighted by molar-refractivity contribution is 5.92. The number of benzene rings is 1. The summed E-state index contributed by atoms with van der Waals surface area (Å²) < 4.78 is 26.5. The van der Waals surface area contributed by atoms with Crippen LogP contribution in [0.4, 0.5) is 0 Å². The SMILES string of the molecule is COc1nc(OC)nc(-c2cnc3cc(OC)c(OC)c(OC)c3c2)n1. The topological polar surface area (TPSA) is 97.7 Å². The fraction of sp³-hybridized carbons (Fsp3) is 0.294. The zero-order valence-electron chi connectivity index (χ0n) is 15.1. The van der Waals surface area contributed by atoms with Crippen LogP contribution in [0, 0.1) is 0 Å². The lowest BCUT2D eigenvalue weighted by Crippen LogP contribution is -2.01. The van der Waals surface area contributed by atoms with Gasteiger partial charge < -0.3 is 23.7 Å². The van der Waals surface area contributed by atoms with Crippen LogP contribution in [-0.2, 0) is 0 Å². The molecule has 136 valence electrons. The first-order valence-electron chi connectivity index (χ1n) is 7.58. The third-order valence-electron chi connectivity index (χ3n) is 3.71. The first-order valence-corrected chi connectivity index (χ1v) is 7.58. The molecule has 3 aromatic rings. The number of nitrogens with zero attached hydrogens (tertiary/aromatic N) is 4. The predicted molar refractivity (Wildman–Crippen MR) is 93.3 cm³/mol. The summed E-state index contributed by atoms with van der Waals surface area (Å²) in [6, 6.07) is 3.91. The van der Waals surface area contributed by atoms with E-state index in [1.807, 2.05) is 6.07 Å². The molecule has 2 aromatic heterocycles. The molecule has 9 heteroatoms. The van der Waals surface area contributed by atoms with Crippen LogP contribution in [-0.4, -0.2) is 55.5 Å². The van der Waals surface area contributed by atoms with Gasteiger partial charge in [-0.15, -0.1) is 4.98 Å². The molecule has 0 unspecified atom stereocenters. The normalized spacial score (nSPS) is 10.5. The van der Waals surface area contributed by atoms with Gasteiger partial charge in [-0.1, -0.05) is 0 Å². The minimum atomic E-state index is 0.145. The van der Waals surface area contributed by atoms with Crippen molar-refractivity contribution in [1.82, 2.24) is 19.9 Å². The maximum Gasteiger partial charge on any atom is 0.322 e. The van der Waals surface area contributed by atoms with Crippen molar-refractivity contribution in [2.75, 3.05) is 35.5 Å². The quantitative estimate of drug-likeness (QED) is 0.656. The molecule has 1 aromatic carbocycles. The Balaban J connectivity index is 2.24. The molecule has 0 aliphatic heterocycles. The van der Waals surface area contributed by atoms with Crippen LogP contribution in [0.25, 0.3) is 22.3 Å². The minimum absolute atomic E-state index is 0.145. The van der Waals surface area contributed by atoms with Crippen molar-refractivity contribution in [2.24, 2.45) is 0 Å². The van der Waals surface area contributed by atoms with E-state index < -0.39 is 0 Å². The summed E-state index contributed by atoms with van der Waals surface area (Å²) in [4.78, 5) is 17.0. The van der Waals surface area contributed by atoms with Gasteiger partial charge in [-0.3, -0.25) is 4.98 Å². The number of pyridine rings is 1. The second-order valence-corrected chi connectivity index (χ2v) is 5.07. The fourth-order valence-corrected chi connectivity index (χ4v) is 2.52. The number of methoxy groups -OCH3 is 5. The molecule has 0 saturated heterocycles. The summed E-state index contributed by atoms with van der Waals surface area (Å²) in [5.74, 6) is 1.87. The number of fused-ring (bicyclic) bond motifs is 1. The van der Waals surface area contributed by atoms with Crippen LogP contribution in [0.15, 0.2) is 18.3 Å². The Hall–Kier alpha value is -3.36. The number of ether oxygens (including phenoxy) is 5. The van der Waals surface area contributed by atoms with Gasteiger partial charge in [0.15, 0.2) is 17.3 Å². The number of hydrogen-bond acceptors (Lipinski definition) is 9. The number of hydrogen-bond donors (Lipinski definition) is 0. The van der Waals surface area contributed by atoms with Crippen molar-refractivity contribution < 1.29 is 23.7 Å². The van der Waals surface area contributed by atoms with Crippen molar-refractivity contribution in [1.29, 1.82) is 0 Å². The third kappa shape index (κ3) is 2.99. The van der Waals surface area contributed by atoms with E-state index in [1.54, 1.807) is 33.6 Å². The van der Waals surface area contributed by atoms with Crippen molar-refractivity contribution in [3.8, 4) is 40.7 Å². The van der Waals surface area contributed by atoms with Gasteiger partial charge in [0.1, 0.15) is 0 Å². The van der Waals surface area contributed by atoms with Crippen molar-refractivity contribution >= 4 is 10.9 Å². The van der Waals surface area contributed by atoms with E-state index >= 15 is 0 Å². The lowest BCUT2D eigenvalue weighted by molar-refractivity contribution is 0.327. The Morgan fingerprint density at radius 2 is 1.35 bits per heavy atom. The maximum absolute atomic E-state index is 5.53. The van der Waals surface area contributed by atoms with E-state index in [9.17, 15) is 0 Å². The van der Waals surface area contributed by atoms with Crippen LogP contribution in [0.5, 0.6) is 29.3 Å². The maximum atomic E-state index is 5.53. The van der Waals surface area contributed by atoms with Gasteiger partial charge in [0.2, 0.25) is 5.75 Å². The third-order valence-corrected chi connectivity index (χ3v) is 3.71. The van der Waals surface area contributed by atoms with E-state index in [-0.39, 0.29) is 12.0 Å². The zero-order chi connectivity index (χ0) is 18.7. The molecule has 3 rings (SSSR count). The molecule has 0 aliphatic rings. The van der Waals surface area contributed by atoms with Crippen LogP contribution < -0.4 is 23.7 Å². The van der Waals surface area contributed by atoms with E-state index in [2.05, 4.69) is 19.9 Å². The van der Waals surface area contributed by atoms with Crippen LogP contribution in [0.3, 0.4) is 0 Å². The van der Waals surface area contributed by atoms with Gasteiger partial charge in [-0.2, -0.15) is 9.97 Å².